The van der Waals surface area contributed by atoms with Crippen molar-refractivity contribution in [1.82, 2.24) is 0 Å². The molecule has 3 aliphatic rings. The van der Waals surface area contributed by atoms with Gasteiger partial charge in [-0.05, 0) is 245 Å². The largest absolute Gasteiger partial charge is 0.456 e. The van der Waals surface area contributed by atoms with Crippen molar-refractivity contribution in [2.24, 2.45) is 0 Å². The number of aryl methyl sites for hydroxylation is 2. The first-order chi connectivity index (χ1) is 48.6. The fraction of sp³-hybridized carbons (Fsp3) is 0.188. The Morgan fingerprint density at radius 2 is 0.921 bits per heavy atom. The van der Waals surface area contributed by atoms with E-state index in [0.29, 0.717) is 0 Å². The van der Waals surface area contributed by atoms with Gasteiger partial charge in [0.25, 0.3) is 6.71 Å². The minimum Gasteiger partial charge on any atom is -0.456 e. The molecule has 4 nitrogen and oxygen atoms in total. The first kappa shape index (κ1) is 63.6. The Labute approximate surface area is 597 Å². The number of hydrogen-bond donors (Lipinski definition) is 0. The summed E-state index contributed by atoms with van der Waals surface area (Å²) in [6.45, 7) is 30.3. The average Bonchev–Trinajstić information content (AvgIpc) is 1.44. The highest BCUT2D eigenvalue weighted by Crippen LogP contribution is 2.53. The van der Waals surface area contributed by atoms with Crippen LogP contribution in [-0.4, -0.2) is 6.71 Å². The van der Waals surface area contributed by atoms with Crippen LogP contribution in [-0.2, 0) is 21.7 Å². The molecule has 0 N–H and O–H groups in total. The minimum absolute atomic E-state index is 0.0194. The van der Waals surface area contributed by atoms with Crippen LogP contribution in [0.3, 0.4) is 0 Å². The molecule has 0 fully saturated rings. The molecule has 0 saturated heterocycles. The Morgan fingerprint density at radius 1 is 0.386 bits per heavy atom. The molecule has 0 radical (unpaired) electrons. The number of nitrogens with zero attached hydrogens (tertiary/aromatic N) is 3. The topological polar surface area (TPSA) is 22.9 Å². The predicted molar refractivity (Wildman–Crippen MR) is 432 cm³/mol. The molecule has 3 heterocycles. The van der Waals surface area contributed by atoms with Gasteiger partial charge in [0.05, 0.1) is 5.69 Å². The zero-order valence-corrected chi connectivity index (χ0v) is 60.5. The van der Waals surface area contributed by atoms with E-state index in [1.807, 2.05) is 0 Å². The Kier molecular flexibility index (Phi) is 14.9. The van der Waals surface area contributed by atoms with Crippen LogP contribution in [0.2, 0.25) is 0 Å². The van der Waals surface area contributed by atoms with Gasteiger partial charge in [-0.1, -0.05) is 252 Å². The summed E-state index contributed by atoms with van der Waals surface area (Å²) < 4.78 is 6.47. The lowest BCUT2D eigenvalue weighted by Crippen LogP contribution is -2.61. The van der Waals surface area contributed by atoms with Crippen molar-refractivity contribution in [2.75, 3.05) is 14.7 Å². The highest BCUT2D eigenvalue weighted by atomic mass is 16.3. The van der Waals surface area contributed by atoms with E-state index in [1.54, 1.807) is 0 Å². The zero-order chi connectivity index (χ0) is 69.6. The van der Waals surface area contributed by atoms with Crippen molar-refractivity contribution in [3.8, 4) is 55.6 Å². The number of para-hydroxylation sites is 1. The van der Waals surface area contributed by atoms with E-state index < -0.39 is 0 Å². The maximum absolute atomic E-state index is 6.47. The molecule has 1 aromatic heterocycles. The molecule has 0 amide bonds. The molecular weight excluding hydrogens is 1220 g/mol. The molecule has 17 rings (SSSR count). The van der Waals surface area contributed by atoms with Gasteiger partial charge in [-0.2, -0.15) is 0 Å². The lowest BCUT2D eigenvalue weighted by atomic mass is 9.33. The number of anilines is 9. The Bertz CT molecular complexity index is 5580. The van der Waals surface area contributed by atoms with E-state index in [0.717, 1.165) is 73.5 Å². The molecular formula is C96H86BN3O. The number of furan rings is 1. The molecule has 1 aliphatic carbocycles. The second-order valence-corrected chi connectivity index (χ2v) is 31.9. The molecule has 0 unspecified atom stereocenters. The Balaban J connectivity index is 0.928. The number of hydrogen-bond acceptors (Lipinski definition) is 4. The maximum atomic E-state index is 6.47. The Morgan fingerprint density at radius 3 is 1.61 bits per heavy atom. The summed E-state index contributed by atoms with van der Waals surface area (Å²) >= 11 is 0. The first-order valence-electron chi connectivity index (χ1n) is 36.2. The number of fused-ring (bicyclic) bond motifs is 10. The van der Waals surface area contributed by atoms with Gasteiger partial charge in [0, 0.05) is 61.7 Å². The van der Waals surface area contributed by atoms with Gasteiger partial charge in [-0.25, -0.2) is 0 Å². The van der Waals surface area contributed by atoms with E-state index in [4.69, 9.17) is 4.42 Å². The summed E-state index contributed by atoms with van der Waals surface area (Å²) in [5, 5.41) is 2.26. The van der Waals surface area contributed by atoms with Crippen LogP contribution < -0.4 is 31.1 Å². The maximum Gasteiger partial charge on any atom is 0.252 e. The Hall–Kier alpha value is -10.9. The molecule has 494 valence electrons. The smallest absolute Gasteiger partial charge is 0.252 e. The van der Waals surface area contributed by atoms with Crippen LogP contribution >= 0.6 is 0 Å². The molecule has 2 aliphatic heterocycles. The van der Waals surface area contributed by atoms with Crippen molar-refractivity contribution in [1.29, 1.82) is 0 Å². The zero-order valence-electron chi connectivity index (χ0n) is 60.5. The number of rotatable bonds is 11. The third-order valence-electron chi connectivity index (χ3n) is 22.8. The van der Waals surface area contributed by atoms with Gasteiger partial charge in [-0.3, -0.25) is 0 Å². The molecule has 101 heavy (non-hydrogen) atoms. The van der Waals surface area contributed by atoms with Crippen molar-refractivity contribution < 1.29 is 4.42 Å². The van der Waals surface area contributed by atoms with Crippen LogP contribution in [0.1, 0.15) is 122 Å². The van der Waals surface area contributed by atoms with E-state index in [2.05, 4.69) is 378 Å². The van der Waals surface area contributed by atoms with Gasteiger partial charge in [0.2, 0.25) is 0 Å². The molecule has 0 bridgehead atoms. The van der Waals surface area contributed by atoms with Crippen molar-refractivity contribution >= 4 is 96.2 Å². The van der Waals surface area contributed by atoms with Crippen LogP contribution in [0.15, 0.2) is 277 Å². The summed E-state index contributed by atoms with van der Waals surface area (Å²) in [6, 6.07) is 104. The molecule has 14 aromatic rings. The van der Waals surface area contributed by atoms with Crippen LogP contribution in [0.25, 0.3) is 77.6 Å². The van der Waals surface area contributed by atoms with Gasteiger partial charge in [-0.15, -0.1) is 0 Å². The normalized spacial score (nSPS) is 13.7. The van der Waals surface area contributed by atoms with Crippen molar-refractivity contribution in [3.63, 3.8) is 0 Å². The monoisotopic (exact) mass is 1310 g/mol. The summed E-state index contributed by atoms with van der Waals surface area (Å²) in [7, 11) is 0. The fourth-order valence-corrected chi connectivity index (χ4v) is 16.8. The predicted octanol–water partition coefficient (Wildman–Crippen LogP) is 25.0. The third-order valence-corrected chi connectivity index (χ3v) is 22.8. The van der Waals surface area contributed by atoms with Gasteiger partial charge in [0.15, 0.2) is 0 Å². The molecule has 0 saturated carbocycles. The lowest BCUT2D eigenvalue weighted by Gasteiger charge is -2.45. The van der Waals surface area contributed by atoms with Crippen molar-refractivity contribution in [2.45, 2.75) is 118 Å². The quantitative estimate of drug-likeness (QED) is 0.120. The average molecular weight is 1310 g/mol. The van der Waals surface area contributed by atoms with Gasteiger partial charge >= 0.3 is 0 Å². The SMILES string of the molecule is CCC(C)(C)c1ccc2c(c1)B1c3ccc(N(c4ccc(-c5ccccc5)cc4)c4ccc(C(C)(C)C)cc4)cc3N(c3c(C)cc(-c4ccc5c(c4)-c4ccccc4C5(C)C)cc3C)c3cc(-c4ccc(C(C)(C)C)cc4)cc(c31)N2c1ccc(-c2cccc3oc4ccccc4c23)cc1. The van der Waals surface area contributed by atoms with Gasteiger partial charge < -0.3 is 19.1 Å². The summed E-state index contributed by atoms with van der Waals surface area (Å²) in [4.78, 5) is 7.74. The number of benzene rings is 13. The highest BCUT2D eigenvalue weighted by Gasteiger charge is 2.45. The third kappa shape index (κ3) is 10.6. The van der Waals surface area contributed by atoms with E-state index in [-0.39, 0.29) is 28.4 Å². The standard InChI is InChI=1S/C96H86BN3O/c1-14-95(10,11)71-42-52-84-83(58-71)97-82-51-49-75(98(73-47-40-70(41-48-73)94(7,8)9)72-43-33-63(34-44-72)62-23-16-15-17-24-62)59-85(82)100(92-60(2)53-67(54-61(92)3)66-37-50-81-79(55-66)77-25-18-20-28-80(77)96(81,12)13)87-57-68(64-31-38-69(39-32-64)93(4,5)6)56-86(91(87)97)99(84)74-45-35-65(36-46-74)76-27-22-30-89-90(76)78-26-19-21-29-88(78)101-89/h15-59H,14H2,1-13H3. The second-order valence-electron chi connectivity index (χ2n) is 31.9. The van der Waals surface area contributed by atoms with E-state index in [9.17, 15) is 0 Å². The van der Waals surface area contributed by atoms with E-state index >= 15 is 0 Å². The first-order valence-corrected chi connectivity index (χ1v) is 36.2. The minimum atomic E-state index is -0.147. The fourth-order valence-electron chi connectivity index (χ4n) is 16.8. The highest BCUT2D eigenvalue weighted by molar-refractivity contribution is 7.00. The summed E-state index contributed by atoms with van der Waals surface area (Å²) in [6.07, 6.45) is 0.997. The van der Waals surface area contributed by atoms with Crippen LogP contribution in [0, 0.1) is 13.8 Å². The second kappa shape index (κ2) is 23.6. The summed E-state index contributed by atoms with van der Waals surface area (Å²) in [5.74, 6) is 0. The van der Waals surface area contributed by atoms with Crippen molar-refractivity contribution in [3.05, 3.63) is 312 Å². The summed E-state index contributed by atoms with van der Waals surface area (Å²) in [5.41, 5.74) is 36.8. The van der Waals surface area contributed by atoms with Crippen LogP contribution in [0.4, 0.5) is 51.2 Å². The van der Waals surface area contributed by atoms with E-state index in [1.165, 1.54) is 117 Å². The molecule has 0 spiro atoms. The molecule has 5 heteroatoms. The van der Waals surface area contributed by atoms with Crippen LogP contribution in [0.5, 0.6) is 0 Å². The molecule has 0 atom stereocenters. The molecule has 13 aromatic carbocycles. The van der Waals surface area contributed by atoms with Gasteiger partial charge in [0.1, 0.15) is 11.2 Å². The lowest BCUT2D eigenvalue weighted by molar-refractivity contribution is 0.506.